The van der Waals surface area contributed by atoms with Crippen LogP contribution >= 0.6 is 11.3 Å². The third-order valence-corrected chi connectivity index (χ3v) is 11.1. The van der Waals surface area contributed by atoms with Crippen molar-refractivity contribution in [3.8, 4) is 33.9 Å². The molecule has 49 heavy (non-hydrogen) atoms. The molecular formula is C45H29N3S. The zero-order valence-corrected chi connectivity index (χ0v) is 27.4. The summed E-state index contributed by atoms with van der Waals surface area (Å²) in [7, 11) is 0. The molecule has 9 aromatic rings. The molecular weight excluding hydrogens is 615 g/mol. The predicted molar refractivity (Wildman–Crippen MR) is 207 cm³/mol. The average molecular weight is 644 g/mol. The van der Waals surface area contributed by atoms with Crippen molar-refractivity contribution in [1.29, 1.82) is 0 Å². The molecule has 1 atom stereocenters. The van der Waals surface area contributed by atoms with Crippen molar-refractivity contribution >= 4 is 63.8 Å². The number of fused-ring (bicyclic) bond motifs is 9. The topological polar surface area (TPSA) is 38.7 Å². The van der Waals surface area contributed by atoms with Crippen molar-refractivity contribution < 1.29 is 0 Å². The number of hydrogen-bond donors (Lipinski definition) is 0. The van der Waals surface area contributed by atoms with Gasteiger partial charge in [0.25, 0.3) is 0 Å². The SMILES string of the molecule is C1=CCC(c2nc(-c3ccccc3)nc(-c3cccc4c3sc3c(-c5ccc6c7ccccc7c7ccccc7c6c5)cccc34)n2)C=C1. The van der Waals surface area contributed by atoms with Gasteiger partial charge in [0.05, 0.1) is 0 Å². The Hall–Kier alpha value is -5.97. The van der Waals surface area contributed by atoms with Gasteiger partial charge in [-0.2, -0.15) is 0 Å². The van der Waals surface area contributed by atoms with Gasteiger partial charge in [0.1, 0.15) is 5.82 Å². The van der Waals surface area contributed by atoms with Gasteiger partial charge in [-0.05, 0) is 62.0 Å². The van der Waals surface area contributed by atoms with E-state index in [9.17, 15) is 0 Å². The number of thiophene rings is 1. The van der Waals surface area contributed by atoms with Gasteiger partial charge in [-0.3, -0.25) is 0 Å². The quantitative estimate of drug-likeness (QED) is 0.179. The molecule has 1 aliphatic rings. The lowest BCUT2D eigenvalue weighted by Crippen LogP contribution is -2.07. The molecule has 7 aromatic carbocycles. The lowest BCUT2D eigenvalue weighted by molar-refractivity contribution is 0.764. The maximum atomic E-state index is 5.14. The van der Waals surface area contributed by atoms with Gasteiger partial charge < -0.3 is 0 Å². The largest absolute Gasteiger partial charge is 0.212 e. The first-order valence-electron chi connectivity index (χ1n) is 16.7. The van der Waals surface area contributed by atoms with Gasteiger partial charge in [-0.25, -0.2) is 15.0 Å². The molecule has 0 aliphatic heterocycles. The predicted octanol–water partition coefficient (Wildman–Crippen LogP) is 12.3. The minimum atomic E-state index is 0.114. The molecule has 2 heterocycles. The zero-order valence-electron chi connectivity index (χ0n) is 26.5. The number of benzene rings is 7. The lowest BCUT2D eigenvalue weighted by Gasteiger charge is -2.14. The van der Waals surface area contributed by atoms with Crippen LogP contribution in [0.4, 0.5) is 0 Å². The highest BCUT2D eigenvalue weighted by molar-refractivity contribution is 7.26. The molecule has 1 aliphatic carbocycles. The second kappa shape index (κ2) is 11.3. The monoisotopic (exact) mass is 643 g/mol. The molecule has 0 amide bonds. The fourth-order valence-corrected chi connectivity index (χ4v) is 8.81. The third-order valence-electron chi connectivity index (χ3n) is 9.82. The van der Waals surface area contributed by atoms with Crippen LogP contribution in [0.25, 0.3) is 86.4 Å². The minimum absolute atomic E-state index is 0.114. The Morgan fingerprint density at radius 2 is 1.04 bits per heavy atom. The van der Waals surface area contributed by atoms with Gasteiger partial charge in [-0.1, -0.05) is 146 Å². The summed E-state index contributed by atoms with van der Waals surface area (Å²) >= 11 is 1.83. The smallest absolute Gasteiger partial charge is 0.165 e. The highest BCUT2D eigenvalue weighted by Gasteiger charge is 2.20. The minimum Gasteiger partial charge on any atom is -0.212 e. The average Bonchev–Trinajstić information content (AvgIpc) is 3.58. The summed E-state index contributed by atoms with van der Waals surface area (Å²) in [6, 6.07) is 48.0. The lowest BCUT2D eigenvalue weighted by atomic mass is 9.92. The molecule has 0 bridgehead atoms. The molecule has 0 radical (unpaired) electrons. The molecule has 3 nitrogen and oxygen atoms in total. The Kier molecular flexibility index (Phi) is 6.49. The van der Waals surface area contributed by atoms with Crippen molar-refractivity contribution in [2.75, 3.05) is 0 Å². The summed E-state index contributed by atoms with van der Waals surface area (Å²) in [5.41, 5.74) is 4.49. The van der Waals surface area contributed by atoms with E-state index in [1.54, 1.807) is 0 Å². The van der Waals surface area contributed by atoms with E-state index in [0.717, 1.165) is 29.2 Å². The van der Waals surface area contributed by atoms with Crippen LogP contribution in [0.15, 0.2) is 158 Å². The standard InChI is InChI=1S/C45H29N3S/c1-3-13-28(14-4-1)43-46-44(29-15-5-2-6-16-29)48-45(47-43)39-24-12-23-38-37-22-11-21-31(41(37)49-42(38)39)30-25-26-36-34-19-8-7-17-32(34)33-18-9-10-20-35(33)40(36)27-30/h1-15,17-27,29H,16H2. The fourth-order valence-electron chi connectivity index (χ4n) is 7.47. The molecule has 0 saturated carbocycles. The van der Waals surface area contributed by atoms with Crippen LogP contribution < -0.4 is 0 Å². The molecule has 0 saturated heterocycles. The fraction of sp³-hybridized carbons (Fsp3) is 0.0444. The van der Waals surface area contributed by atoms with Crippen molar-refractivity contribution in [2.24, 2.45) is 0 Å². The number of aromatic nitrogens is 3. The number of allylic oxidation sites excluding steroid dienone is 4. The Morgan fingerprint density at radius 1 is 0.449 bits per heavy atom. The molecule has 2 aromatic heterocycles. The van der Waals surface area contributed by atoms with E-state index >= 15 is 0 Å². The Bertz CT molecular complexity index is 2780. The van der Waals surface area contributed by atoms with E-state index in [1.807, 2.05) is 29.5 Å². The highest BCUT2D eigenvalue weighted by atomic mass is 32.1. The summed E-state index contributed by atoms with van der Waals surface area (Å²) in [5.74, 6) is 2.34. The maximum Gasteiger partial charge on any atom is 0.165 e. The Balaban J connectivity index is 1.18. The van der Waals surface area contributed by atoms with Crippen LogP contribution in [0.3, 0.4) is 0 Å². The first-order valence-corrected chi connectivity index (χ1v) is 17.5. The summed E-state index contributed by atoms with van der Waals surface area (Å²) in [6.45, 7) is 0. The molecule has 0 fully saturated rings. The van der Waals surface area contributed by atoms with Crippen molar-refractivity contribution in [2.45, 2.75) is 12.3 Å². The normalized spacial score (nSPS) is 14.5. The van der Waals surface area contributed by atoms with Crippen LogP contribution in [-0.2, 0) is 0 Å². The van der Waals surface area contributed by atoms with E-state index in [0.29, 0.717) is 5.82 Å². The van der Waals surface area contributed by atoms with E-state index in [2.05, 4.69) is 140 Å². The van der Waals surface area contributed by atoms with Gasteiger partial charge in [0.2, 0.25) is 0 Å². The summed E-state index contributed by atoms with van der Waals surface area (Å²) in [4.78, 5) is 15.2. The second-order valence-corrected chi connectivity index (χ2v) is 13.7. The van der Waals surface area contributed by atoms with Crippen LogP contribution in [0.2, 0.25) is 0 Å². The first-order chi connectivity index (χ1) is 24.3. The number of nitrogens with zero attached hydrogens (tertiary/aromatic N) is 3. The van der Waals surface area contributed by atoms with Crippen LogP contribution in [0.1, 0.15) is 18.2 Å². The van der Waals surface area contributed by atoms with Crippen LogP contribution in [0.5, 0.6) is 0 Å². The highest BCUT2D eigenvalue weighted by Crippen LogP contribution is 2.45. The Labute approximate surface area is 287 Å². The number of hydrogen-bond acceptors (Lipinski definition) is 4. The molecule has 230 valence electrons. The van der Waals surface area contributed by atoms with Crippen molar-refractivity contribution in [3.63, 3.8) is 0 Å². The van der Waals surface area contributed by atoms with Gasteiger partial charge in [0.15, 0.2) is 11.6 Å². The molecule has 0 N–H and O–H groups in total. The van der Waals surface area contributed by atoms with Crippen molar-refractivity contribution in [3.05, 3.63) is 164 Å². The summed E-state index contributed by atoms with van der Waals surface area (Å²) in [5, 5.41) is 10.2. The second-order valence-electron chi connectivity index (χ2n) is 12.7. The first kappa shape index (κ1) is 28.1. The third kappa shape index (κ3) is 4.60. The maximum absolute atomic E-state index is 5.14. The summed E-state index contributed by atoms with van der Waals surface area (Å²) in [6.07, 6.45) is 9.43. The van der Waals surface area contributed by atoms with Crippen LogP contribution in [-0.4, -0.2) is 15.0 Å². The molecule has 4 heteroatoms. The van der Waals surface area contributed by atoms with Crippen LogP contribution in [0, 0.1) is 0 Å². The molecule has 10 rings (SSSR count). The van der Waals surface area contributed by atoms with E-state index in [-0.39, 0.29) is 5.92 Å². The van der Waals surface area contributed by atoms with Gasteiger partial charge in [-0.15, -0.1) is 11.3 Å². The number of rotatable bonds is 4. The van der Waals surface area contributed by atoms with Gasteiger partial charge >= 0.3 is 0 Å². The van der Waals surface area contributed by atoms with E-state index < -0.39 is 0 Å². The Morgan fingerprint density at radius 3 is 1.73 bits per heavy atom. The molecule has 1 unspecified atom stereocenters. The summed E-state index contributed by atoms with van der Waals surface area (Å²) < 4.78 is 2.46. The van der Waals surface area contributed by atoms with Gasteiger partial charge in [0, 0.05) is 37.2 Å². The molecule has 0 spiro atoms. The van der Waals surface area contributed by atoms with E-state index in [1.165, 1.54) is 63.6 Å². The van der Waals surface area contributed by atoms with E-state index in [4.69, 9.17) is 15.0 Å². The van der Waals surface area contributed by atoms with Crippen molar-refractivity contribution in [1.82, 2.24) is 15.0 Å². The zero-order chi connectivity index (χ0) is 32.3.